The summed E-state index contributed by atoms with van der Waals surface area (Å²) in [5.41, 5.74) is 3.14. The van der Waals surface area contributed by atoms with Crippen LogP contribution in [0.2, 0.25) is 0 Å². The molecule has 0 N–H and O–H groups in total. The normalized spacial score (nSPS) is 17.8. The molecule has 0 aromatic heterocycles. The molecular weight excluding hydrogens is 382 g/mol. The van der Waals surface area contributed by atoms with Crippen molar-refractivity contribution >= 4 is 11.9 Å². The number of nitrogens with zero attached hydrogens (tertiary/aromatic N) is 1. The number of fused-ring (bicyclic) bond motifs is 2. The van der Waals surface area contributed by atoms with Crippen LogP contribution < -0.4 is 18.9 Å². The number of likely N-dealkylation sites (N-methyl/N-ethyl adjacent to an activating group) is 1. The van der Waals surface area contributed by atoms with E-state index in [0.29, 0.717) is 24.5 Å². The first-order valence-electron chi connectivity index (χ1n) is 10.2. The number of ether oxygens (including phenoxy) is 4. The number of hydrogen-bond donors (Lipinski definition) is 0. The molecule has 1 unspecified atom stereocenters. The molecule has 0 saturated heterocycles. The van der Waals surface area contributed by atoms with Gasteiger partial charge in [-0.25, -0.2) is 0 Å². The van der Waals surface area contributed by atoms with Gasteiger partial charge >= 0.3 is 0 Å². The number of carbonyl (C=O) groups is 1. The van der Waals surface area contributed by atoms with Crippen molar-refractivity contribution in [2.24, 2.45) is 0 Å². The first-order chi connectivity index (χ1) is 14.6. The molecule has 2 aromatic rings. The van der Waals surface area contributed by atoms with Gasteiger partial charge in [0.05, 0.1) is 13.7 Å². The third-order valence-electron chi connectivity index (χ3n) is 5.59. The second-order valence-electron chi connectivity index (χ2n) is 7.47. The van der Waals surface area contributed by atoms with Crippen molar-refractivity contribution in [3.05, 3.63) is 53.1 Å². The van der Waals surface area contributed by atoms with E-state index in [2.05, 4.69) is 4.90 Å². The Morgan fingerprint density at radius 3 is 2.80 bits per heavy atom. The molecule has 0 spiro atoms. The summed E-state index contributed by atoms with van der Waals surface area (Å²) < 4.78 is 22.4. The molecular formula is C24H27NO5. The molecule has 158 valence electrons. The molecule has 2 aliphatic rings. The fourth-order valence-electron chi connectivity index (χ4n) is 4.07. The molecule has 1 atom stereocenters. The summed E-state index contributed by atoms with van der Waals surface area (Å²) in [5.74, 6) is 2.92. The number of allylic oxidation sites excluding steroid dienone is 1. The van der Waals surface area contributed by atoms with Gasteiger partial charge in [-0.15, -0.1) is 0 Å². The summed E-state index contributed by atoms with van der Waals surface area (Å²) in [6.07, 6.45) is 4.74. The van der Waals surface area contributed by atoms with Crippen LogP contribution in [0.15, 0.2) is 36.4 Å². The van der Waals surface area contributed by atoms with E-state index < -0.39 is 0 Å². The Kier molecular flexibility index (Phi) is 5.95. The number of methoxy groups -OCH3 is 1. The van der Waals surface area contributed by atoms with Crippen LogP contribution in [0.3, 0.4) is 0 Å². The predicted molar refractivity (Wildman–Crippen MR) is 114 cm³/mol. The fourth-order valence-corrected chi connectivity index (χ4v) is 4.07. The van der Waals surface area contributed by atoms with Crippen LogP contribution in [0.4, 0.5) is 0 Å². The molecule has 0 aliphatic carbocycles. The lowest BCUT2D eigenvalue weighted by atomic mass is 9.88. The van der Waals surface area contributed by atoms with Gasteiger partial charge in [0, 0.05) is 24.6 Å². The highest BCUT2D eigenvalue weighted by Gasteiger charge is 2.34. The number of ketones is 1. The van der Waals surface area contributed by atoms with E-state index in [1.807, 2.05) is 50.4 Å². The van der Waals surface area contributed by atoms with E-state index in [1.165, 1.54) is 0 Å². The molecule has 4 rings (SSSR count). The largest absolute Gasteiger partial charge is 0.494 e. The first kappa shape index (κ1) is 20.3. The molecule has 2 aromatic carbocycles. The average molecular weight is 409 g/mol. The second-order valence-corrected chi connectivity index (χ2v) is 7.47. The summed E-state index contributed by atoms with van der Waals surface area (Å²) in [4.78, 5) is 15.0. The average Bonchev–Trinajstić information content (AvgIpc) is 3.22. The number of hydrogen-bond acceptors (Lipinski definition) is 6. The molecule has 0 amide bonds. The summed E-state index contributed by atoms with van der Waals surface area (Å²) in [6, 6.07) is 9.66. The van der Waals surface area contributed by atoms with Gasteiger partial charge in [-0.05, 0) is 55.8 Å². The van der Waals surface area contributed by atoms with Gasteiger partial charge in [-0.2, -0.15) is 0 Å². The van der Waals surface area contributed by atoms with Gasteiger partial charge in [-0.3, -0.25) is 9.69 Å². The van der Waals surface area contributed by atoms with Gasteiger partial charge in [-0.1, -0.05) is 18.2 Å². The minimum absolute atomic E-state index is 0.0632. The van der Waals surface area contributed by atoms with Gasteiger partial charge in [0.25, 0.3) is 0 Å². The van der Waals surface area contributed by atoms with Gasteiger partial charge < -0.3 is 18.9 Å². The maximum atomic E-state index is 12.8. The van der Waals surface area contributed by atoms with Crippen molar-refractivity contribution in [1.82, 2.24) is 4.90 Å². The molecule has 0 bridgehead atoms. The van der Waals surface area contributed by atoms with Crippen molar-refractivity contribution in [3.63, 3.8) is 0 Å². The van der Waals surface area contributed by atoms with Crippen LogP contribution in [-0.2, 0) is 11.2 Å². The maximum absolute atomic E-state index is 12.8. The van der Waals surface area contributed by atoms with Crippen LogP contribution in [0, 0.1) is 0 Å². The van der Waals surface area contributed by atoms with Crippen molar-refractivity contribution in [3.8, 4) is 23.0 Å². The Balaban J connectivity index is 1.54. The highest BCUT2D eigenvalue weighted by Crippen LogP contribution is 2.50. The molecule has 2 heterocycles. The van der Waals surface area contributed by atoms with E-state index in [0.717, 1.165) is 41.2 Å². The lowest BCUT2D eigenvalue weighted by Crippen LogP contribution is -2.33. The van der Waals surface area contributed by atoms with Crippen molar-refractivity contribution < 1.29 is 23.7 Å². The zero-order chi connectivity index (χ0) is 21.1. The van der Waals surface area contributed by atoms with Crippen molar-refractivity contribution in [2.75, 3.05) is 34.1 Å². The minimum Gasteiger partial charge on any atom is -0.494 e. The quantitative estimate of drug-likeness (QED) is 0.644. The molecule has 2 aliphatic heterocycles. The van der Waals surface area contributed by atoms with E-state index in [4.69, 9.17) is 18.9 Å². The predicted octanol–water partition coefficient (Wildman–Crippen LogP) is 4.02. The third kappa shape index (κ3) is 4.00. The monoisotopic (exact) mass is 409 g/mol. The Morgan fingerprint density at radius 2 is 2.07 bits per heavy atom. The number of rotatable bonds is 7. The Labute approximate surface area is 177 Å². The standard InChI is InChI=1S/C24H27NO5/c1-4-28-19-9-6-16(7-10-19)5-8-18(26)14-20-22-17(11-12-25(20)2)13-21-23(24(22)27-3)30-15-29-21/h5-10,13,20H,4,11-12,14-15H2,1-3H3. The van der Waals surface area contributed by atoms with Crippen LogP contribution in [0.25, 0.3) is 6.08 Å². The highest BCUT2D eigenvalue weighted by atomic mass is 16.7. The van der Waals surface area contributed by atoms with Gasteiger partial charge in [0.1, 0.15) is 5.75 Å². The maximum Gasteiger partial charge on any atom is 0.231 e. The number of carbonyl (C=O) groups excluding carboxylic acids is 1. The minimum atomic E-state index is -0.0734. The smallest absolute Gasteiger partial charge is 0.231 e. The Hall–Kier alpha value is -2.99. The molecule has 0 radical (unpaired) electrons. The molecule has 0 fully saturated rings. The zero-order valence-corrected chi connectivity index (χ0v) is 17.6. The molecule has 6 heteroatoms. The SMILES string of the molecule is CCOc1ccc(C=CC(=O)CC2c3c(cc4c(c3OC)OCO4)CCN2C)cc1. The van der Waals surface area contributed by atoms with E-state index in [-0.39, 0.29) is 18.6 Å². The van der Waals surface area contributed by atoms with Crippen LogP contribution in [-0.4, -0.2) is 44.8 Å². The highest BCUT2D eigenvalue weighted by molar-refractivity contribution is 5.94. The summed E-state index contributed by atoms with van der Waals surface area (Å²) >= 11 is 0. The zero-order valence-electron chi connectivity index (χ0n) is 17.6. The fraction of sp³-hybridized carbons (Fsp3) is 0.375. The van der Waals surface area contributed by atoms with Crippen molar-refractivity contribution in [1.29, 1.82) is 0 Å². The third-order valence-corrected chi connectivity index (χ3v) is 5.59. The summed E-state index contributed by atoms with van der Waals surface area (Å²) in [5, 5.41) is 0. The first-order valence-corrected chi connectivity index (χ1v) is 10.2. The van der Waals surface area contributed by atoms with Gasteiger partial charge in [0.2, 0.25) is 12.5 Å². The van der Waals surface area contributed by atoms with Crippen LogP contribution in [0.1, 0.15) is 36.1 Å². The number of benzene rings is 2. The molecule has 6 nitrogen and oxygen atoms in total. The molecule has 30 heavy (non-hydrogen) atoms. The van der Waals surface area contributed by atoms with E-state index in [1.54, 1.807) is 13.2 Å². The van der Waals surface area contributed by atoms with Crippen LogP contribution in [0.5, 0.6) is 23.0 Å². The lowest BCUT2D eigenvalue weighted by Gasteiger charge is -2.35. The summed E-state index contributed by atoms with van der Waals surface area (Å²) in [7, 11) is 3.68. The van der Waals surface area contributed by atoms with E-state index >= 15 is 0 Å². The Morgan fingerprint density at radius 1 is 1.27 bits per heavy atom. The van der Waals surface area contributed by atoms with E-state index in [9.17, 15) is 4.79 Å². The van der Waals surface area contributed by atoms with Crippen molar-refractivity contribution in [2.45, 2.75) is 25.8 Å². The lowest BCUT2D eigenvalue weighted by molar-refractivity contribution is -0.115. The Bertz CT molecular complexity index is 951. The van der Waals surface area contributed by atoms with Gasteiger partial charge in [0.15, 0.2) is 17.3 Å². The van der Waals surface area contributed by atoms with Crippen LogP contribution >= 0.6 is 0 Å². The second kappa shape index (κ2) is 8.79. The summed E-state index contributed by atoms with van der Waals surface area (Å²) in [6.45, 7) is 3.65. The molecule has 0 saturated carbocycles. The topological polar surface area (TPSA) is 57.2 Å².